The maximum Gasteiger partial charge on any atom is 0.338 e. The van der Waals surface area contributed by atoms with E-state index in [9.17, 15) is 19.7 Å². The van der Waals surface area contributed by atoms with Gasteiger partial charge in [0.1, 0.15) is 17.3 Å². The van der Waals surface area contributed by atoms with Gasteiger partial charge in [0, 0.05) is 11.1 Å². The average Bonchev–Trinajstić information content (AvgIpc) is 3.52. The number of fused-ring (bicyclic) bond motifs is 1. The molecule has 0 bridgehead atoms. The number of nitro benzene ring substituents is 1. The predicted molar refractivity (Wildman–Crippen MR) is 149 cm³/mol. The van der Waals surface area contributed by atoms with Crippen LogP contribution in [0.5, 0.6) is 5.75 Å². The van der Waals surface area contributed by atoms with Crippen LogP contribution in [0, 0.1) is 10.1 Å². The Balaban J connectivity index is 1.62. The van der Waals surface area contributed by atoms with Gasteiger partial charge >= 0.3 is 5.97 Å². The fraction of sp³-hybridized carbons (Fsp3) is 0.179. The molecule has 2 aromatic heterocycles. The van der Waals surface area contributed by atoms with E-state index in [0.29, 0.717) is 37.1 Å². The number of methoxy groups -OCH3 is 1. The number of esters is 1. The third-order valence-corrected chi connectivity index (χ3v) is 7.50. The van der Waals surface area contributed by atoms with Crippen molar-refractivity contribution in [2.75, 3.05) is 13.7 Å². The third-order valence-electron chi connectivity index (χ3n) is 6.27. The van der Waals surface area contributed by atoms with Gasteiger partial charge in [-0.1, -0.05) is 35.1 Å². The summed E-state index contributed by atoms with van der Waals surface area (Å²) in [7, 11) is 1.42. The van der Waals surface area contributed by atoms with Crippen molar-refractivity contribution in [3.05, 3.63) is 112 Å². The highest BCUT2D eigenvalue weighted by Crippen LogP contribution is 2.34. The van der Waals surface area contributed by atoms with Crippen LogP contribution < -0.4 is 19.6 Å². The third kappa shape index (κ3) is 4.96. The number of nitrogens with zero attached hydrogens (tertiary/aromatic N) is 3. The Bertz CT molecular complexity index is 1850. The van der Waals surface area contributed by atoms with Crippen LogP contribution in [0.25, 0.3) is 17.4 Å². The number of aromatic nitrogens is 1. The van der Waals surface area contributed by atoms with Crippen LogP contribution in [0.2, 0.25) is 5.02 Å². The number of carbonyl (C=O) groups is 1. The molecule has 0 aliphatic carbocycles. The maximum atomic E-state index is 13.7. The maximum absolute atomic E-state index is 13.7. The molecule has 0 unspecified atom stereocenters. The van der Waals surface area contributed by atoms with Crippen molar-refractivity contribution in [3.8, 4) is 17.1 Å². The first-order chi connectivity index (χ1) is 19.2. The van der Waals surface area contributed by atoms with E-state index in [1.807, 2.05) is 0 Å². The summed E-state index contributed by atoms with van der Waals surface area (Å²) in [5, 5.41) is 12.1. The quantitative estimate of drug-likeness (QED) is 0.177. The van der Waals surface area contributed by atoms with Crippen LogP contribution in [0.15, 0.2) is 80.1 Å². The van der Waals surface area contributed by atoms with E-state index < -0.39 is 16.9 Å². The van der Waals surface area contributed by atoms with Gasteiger partial charge in [-0.25, -0.2) is 9.79 Å². The lowest BCUT2D eigenvalue weighted by Crippen LogP contribution is -2.39. The topological polar surface area (TPSA) is 126 Å². The number of carbonyl (C=O) groups excluding carboxylic acids is 1. The molecule has 4 aromatic rings. The zero-order chi connectivity index (χ0) is 28.6. The number of hydrogen-bond acceptors (Lipinski definition) is 9. The van der Waals surface area contributed by atoms with Crippen LogP contribution in [-0.4, -0.2) is 29.2 Å². The summed E-state index contributed by atoms with van der Waals surface area (Å²) in [5.41, 5.74) is 1.08. The molecule has 0 saturated heterocycles. The second-order valence-corrected chi connectivity index (χ2v) is 10.1. The molecule has 0 N–H and O–H groups in total. The predicted octanol–water partition coefficient (Wildman–Crippen LogP) is 4.63. The number of thiazole rings is 1. The summed E-state index contributed by atoms with van der Waals surface area (Å²) in [4.78, 5) is 42.8. The molecule has 2 aromatic carbocycles. The summed E-state index contributed by atoms with van der Waals surface area (Å²) in [6, 6.07) is 13.8. The Morgan fingerprint density at radius 3 is 2.65 bits per heavy atom. The summed E-state index contributed by atoms with van der Waals surface area (Å²) >= 11 is 7.23. The van der Waals surface area contributed by atoms with E-state index >= 15 is 0 Å². The van der Waals surface area contributed by atoms with Crippen LogP contribution in [0.1, 0.15) is 31.2 Å². The number of benzene rings is 2. The molecular weight excluding hydrogens is 558 g/mol. The number of furan rings is 1. The van der Waals surface area contributed by atoms with Gasteiger partial charge < -0.3 is 13.9 Å². The lowest BCUT2D eigenvalue weighted by atomic mass is 9.96. The number of rotatable bonds is 7. The highest BCUT2D eigenvalue weighted by molar-refractivity contribution is 7.07. The Morgan fingerprint density at radius 2 is 1.98 bits per heavy atom. The van der Waals surface area contributed by atoms with Gasteiger partial charge in [0.05, 0.1) is 52.1 Å². The first-order valence-corrected chi connectivity index (χ1v) is 13.3. The van der Waals surface area contributed by atoms with Crippen molar-refractivity contribution >= 4 is 40.7 Å². The van der Waals surface area contributed by atoms with Crippen LogP contribution in [0.3, 0.4) is 0 Å². The van der Waals surface area contributed by atoms with E-state index in [0.717, 1.165) is 11.3 Å². The fourth-order valence-corrected chi connectivity index (χ4v) is 5.61. The molecule has 0 saturated carbocycles. The number of halogens is 1. The Hall–Kier alpha value is -4.48. The zero-order valence-corrected chi connectivity index (χ0v) is 23.1. The largest absolute Gasteiger partial charge is 0.497 e. The average molecular weight is 580 g/mol. The molecular formula is C28H22ClN3O7S. The second-order valence-electron chi connectivity index (χ2n) is 8.70. The normalized spacial score (nSPS) is 15.0. The summed E-state index contributed by atoms with van der Waals surface area (Å²) in [6.45, 7) is 3.58. The monoisotopic (exact) mass is 579 g/mol. The minimum atomic E-state index is -0.774. The van der Waals surface area contributed by atoms with Gasteiger partial charge in [0.2, 0.25) is 0 Å². The number of ether oxygens (including phenoxy) is 2. The molecule has 0 spiro atoms. The van der Waals surface area contributed by atoms with E-state index in [2.05, 4.69) is 4.99 Å². The first-order valence-electron chi connectivity index (χ1n) is 12.1. The zero-order valence-electron chi connectivity index (χ0n) is 21.5. The molecule has 10 nitrogen and oxygen atoms in total. The minimum absolute atomic E-state index is 0.167. The van der Waals surface area contributed by atoms with Gasteiger partial charge in [0.25, 0.3) is 11.2 Å². The molecule has 0 amide bonds. The van der Waals surface area contributed by atoms with Gasteiger partial charge in [-0.2, -0.15) is 0 Å². The molecule has 1 aliphatic heterocycles. The van der Waals surface area contributed by atoms with Crippen molar-refractivity contribution in [2.24, 2.45) is 4.99 Å². The lowest BCUT2D eigenvalue weighted by Gasteiger charge is -2.24. The second kappa shape index (κ2) is 10.9. The van der Waals surface area contributed by atoms with Gasteiger partial charge in [-0.3, -0.25) is 19.5 Å². The van der Waals surface area contributed by atoms with E-state index in [1.165, 1.54) is 17.7 Å². The molecule has 0 fully saturated rings. The highest BCUT2D eigenvalue weighted by Gasteiger charge is 2.33. The van der Waals surface area contributed by atoms with Crippen molar-refractivity contribution in [3.63, 3.8) is 0 Å². The molecule has 5 rings (SSSR count). The molecule has 1 atom stereocenters. The van der Waals surface area contributed by atoms with Crippen molar-refractivity contribution < 1.29 is 23.6 Å². The van der Waals surface area contributed by atoms with Gasteiger partial charge in [0.15, 0.2) is 4.80 Å². The minimum Gasteiger partial charge on any atom is -0.497 e. The van der Waals surface area contributed by atoms with E-state index in [4.69, 9.17) is 25.5 Å². The van der Waals surface area contributed by atoms with Crippen molar-refractivity contribution in [1.82, 2.24) is 4.57 Å². The molecule has 0 radical (unpaired) electrons. The fourth-order valence-electron chi connectivity index (χ4n) is 4.45. The van der Waals surface area contributed by atoms with Crippen LogP contribution in [0.4, 0.5) is 5.69 Å². The van der Waals surface area contributed by atoms with E-state index in [1.54, 1.807) is 68.5 Å². The number of allylic oxidation sites excluding steroid dienone is 1. The summed E-state index contributed by atoms with van der Waals surface area (Å²) < 4.78 is 18.0. The van der Waals surface area contributed by atoms with E-state index in [-0.39, 0.29) is 34.8 Å². The molecule has 40 heavy (non-hydrogen) atoms. The van der Waals surface area contributed by atoms with Crippen LogP contribution in [-0.2, 0) is 9.53 Å². The number of hydrogen-bond donors (Lipinski definition) is 0. The van der Waals surface area contributed by atoms with Crippen LogP contribution >= 0.6 is 22.9 Å². The smallest absolute Gasteiger partial charge is 0.338 e. The van der Waals surface area contributed by atoms with Crippen molar-refractivity contribution in [1.29, 1.82) is 0 Å². The Kier molecular flexibility index (Phi) is 7.42. The summed E-state index contributed by atoms with van der Waals surface area (Å²) in [6.07, 6.45) is 1.55. The lowest BCUT2D eigenvalue weighted by molar-refractivity contribution is -0.384. The van der Waals surface area contributed by atoms with Gasteiger partial charge in [-0.15, -0.1) is 0 Å². The number of nitro groups is 1. The Morgan fingerprint density at radius 1 is 1.23 bits per heavy atom. The molecule has 12 heteroatoms. The summed E-state index contributed by atoms with van der Waals surface area (Å²) in [5.74, 6) is 0.355. The molecule has 204 valence electrons. The first kappa shape index (κ1) is 27.1. The molecule has 1 aliphatic rings. The van der Waals surface area contributed by atoms with Gasteiger partial charge in [-0.05, 0) is 55.8 Å². The highest BCUT2D eigenvalue weighted by atomic mass is 35.5. The standard InChI is InChI=1S/C28H22ClN3O7S/c1-4-38-27(34)24-15(2)30-28-31(25(24)16-5-7-17(29)8-6-16)26(33)23(40-28)14-19-10-12-22(39-19)20-11-9-18(37-3)13-21(20)32(35)36/h5-14,25H,4H2,1-3H3/b23-14-/t25-/m1/s1. The SMILES string of the molecule is CCOC(=O)C1=C(C)N=c2s/c(=C\c3ccc(-c4ccc(OC)cc4[N+](=O)[O-])o3)c(=O)n2[C@@H]1c1ccc(Cl)cc1. The Labute approximate surface area is 236 Å². The molecule has 3 heterocycles. The van der Waals surface area contributed by atoms with Crippen molar-refractivity contribution in [2.45, 2.75) is 19.9 Å².